The van der Waals surface area contributed by atoms with Crippen LogP contribution in [0.25, 0.3) is 0 Å². The van der Waals surface area contributed by atoms with E-state index in [4.69, 9.17) is 0 Å². The summed E-state index contributed by atoms with van der Waals surface area (Å²) in [5.74, 6) is -9.37. The number of rotatable bonds is 1. The molecular weight excluding hydrogens is 296 g/mol. The number of hydrogen-bond acceptors (Lipinski definition) is 3. The van der Waals surface area contributed by atoms with Crippen LogP contribution in [0.4, 0.5) is 28.0 Å². The molecule has 2 fully saturated rings. The van der Waals surface area contributed by atoms with E-state index in [1.807, 2.05) is 0 Å². The summed E-state index contributed by atoms with van der Waals surface area (Å²) >= 11 is 0. The lowest BCUT2D eigenvalue weighted by atomic mass is 10.0. The fourth-order valence-corrected chi connectivity index (χ4v) is 2.20. The van der Waals surface area contributed by atoms with E-state index in [9.17, 15) is 31.9 Å². The maximum atomic E-state index is 13.7. The van der Waals surface area contributed by atoms with Gasteiger partial charge in [-0.1, -0.05) is 0 Å². The Kier molecular flexibility index (Phi) is 2.59. The van der Waals surface area contributed by atoms with E-state index >= 15 is 0 Å². The third-order valence-electron chi connectivity index (χ3n) is 3.53. The molecular formula is C12H6F4N2O3. The smallest absolute Gasteiger partial charge is 0.276 e. The zero-order valence-electron chi connectivity index (χ0n) is 10.2. The summed E-state index contributed by atoms with van der Waals surface area (Å²) in [5.41, 5.74) is -3.05. The predicted octanol–water partition coefficient (Wildman–Crippen LogP) is 1.61. The molecule has 1 saturated carbocycles. The first-order valence-electron chi connectivity index (χ1n) is 5.82. The Hall–Kier alpha value is -2.45. The van der Waals surface area contributed by atoms with Gasteiger partial charge in [-0.15, -0.1) is 0 Å². The highest BCUT2D eigenvalue weighted by Crippen LogP contribution is 2.50. The fourth-order valence-electron chi connectivity index (χ4n) is 2.20. The van der Waals surface area contributed by atoms with Gasteiger partial charge in [0.25, 0.3) is 5.91 Å². The van der Waals surface area contributed by atoms with Gasteiger partial charge in [0.1, 0.15) is 11.1 Å². The minimum absolute atomic E-state index is 0.0431. The van der Waals surface area contributed by atoms with Gasteiger partial charge >= 0.3 is 6.03 Å². The molecule has 1 spiro atoms. The van der Waals surface area contributed by atoms with Crippen molar-refractivity contribution in [1.29, 1.82) is 0 Å². The number of amides is 4. The Morgan fingerprint density at radius 1 is 1.00 bits per heavy atom. The molecule has 1 N–H and O–H groups in total. The van der Waals surface area contributed by atoms with Gasteiger partial charge in [0.15, 0.2) is 23.3 Å². The van der Waals surface area contributed by atoms with Crippen molar-refractivity contribution >= 4 is 23.5 Å². The largest absolute Gasteiger partial charge is 0.335 e. The van der Waals surface area contributed by atoms with Crippen LogP contribution in [-0.2, 0) is 9.59 Å². The number of carbonyl (C=O) groups is 3. The van der Waals surface area contributed by atoms with Crippen molar-refractivity contribution in [3.63, 3.8) is 0 Å². The van der Waals surface area contributed by atoms with E-state index in [0.717, 1.165) is 0 Å². The van der Waals surface area contributed by atoms with Crippen molar-refractivity contribution in [2.45, 2.75) is 12.8 Å². The summed E-state index contributed by atoms with van der Waals surface area (Å²) in [6.07, 6.45) is 0.172. The Morgan fingerprint density at radius 2 is 1.52 bits per heavy atom. The molecule has 0 atom stereocenters. The lowest BCUT2D eigenvalue weighted by molar-refractivity contribution is -0.136. The number of nitrogens with one attached hydrogen (secondary N) is 1. The van der Waals surface area contributed by atoms with E-state index in [2.05, 4.69) is 0 Å². The van der Waals surface area contributed by atoms with Crippen LogP contribution in [0, 0.1) is 28.7 Å². The molecule has 1 aromatic rings. The zero-order chi connectivity index (χ0) is 15.5. The first-order chi connectivity index (χ1) is 9.79. The third-order valence-corrected chi connectivity index (χ3v) is 3.53. The number of barbiturate groups is 1. The molecule has 21 heavy (non-hydrogen) atoms. The predicted molar refractivity (Wildman–Crippen MR) is 59.0 cm³/mol. The Bertz CT molecular complexity index is 689. The molecule has 1 aromatic carbocycles. The van der Waals surface area contributed by atoms with Crippen molar-refractivity contribution in [2.24, 2.45) is 5.41 Å². The van der Waals surface area contributed by atoms with Gasteiger partial charge in [0.2, 0.25) is 5.91 Å². The number of urea groups is 1. The molecule has 1 saturated heterocycles. The van der Waals surface area contributed by atoms with Crippen LogP contribution in [0.3, 0.4) is 0 Å². The lowest BCUT2D eigenvalue weighted by Gasteiger charge is -2.30. The normalized spacial score (nSPS) is 20.0. The summed E-state index contributed by atoms with van der Waals surface area (Å²) in [7, 11) is 0. The summed E-state index contributed by atoms with van der Waals surface area (Å²) < 4.78 is 53.8. The van der Waals surface area contributed by atoms with Crippen LogP contribution in [0.1, 0.15) is 12.8 Å². The van der Waals surface area contributed by atoms with Gasteiger partial charge in [0.05, 0.1) is 0 Å². The summed E-state index contributed by atoms with van der Waals surface area (Å²) in [6.45, 7) is 0. The summed E-state index contributed by atoms with van der Waals surface area (Å²) in [5, 5.41) is 1.75. The van der Waals surface area contributed by atoms with Crippen LogP contribution in [0.2, 0.25) is 0 Å². The van der Waals surface area contributed by atoms with Gasteiger partial charge in [-0.3, -0.25) is 14.9 Å². The highest BCUT2D eigenvalue weighted by atomic mass is 19.2. The number of halogens is 4. The van der Waals surface area contributed by atoms with Crippen molar-refractivity contribution in [2.75, 3.05) is 4.90 Å². The number of benzene rings is 1. The molecule has 5 nitrogen and oxygen atoms in total. The highest BCUT2D eigenvalue weighted by molar-refractivity contribution is 6.31. The third kappa shape index (κ3) is 1.66. The molecule has 3 rings (SSSR count). The number of carbonyl (C=O) groups excluding carboxylic acids is 3. The molecule has 0 bridgehead atoms. The average Bonchev–Trinajstić information content (AvgIpc) is 3.20. The number of anilines is 1. The highest BCUT2D eigenvalue weighted by Gasteiger charge is 2.63. The van der Waals surface area contributed by atoms with Crippen LogP contribution in [0.15, 0.2) is 6.07 Å². The number of hydrogen-bond donors (Lipinski definition) is 1. The molecule has 4 amide bonds. The maximum absolute atomic E-state index is 13.7. The van der Waals surface area contributed by atoms with E-state index < -0.39 is 52.2 Å². The molecule has 9 heteroatoms. The quantitative estimate of drug-likeness (QED) is 0.487. The van der Waals surface area contributed by atoms with Crippen LogP contribution >= 0.6 is 0 Å². The Morgan fingerprint density at radius 3 is 2.00 bits per heavy atom. The first kappa shape index (κ1) is 13.5. The van der Waals surface area contributed by atoms with E-state index in [1.54, 1.807) is 5.32 Å². The second kappa shape index (κ2) is 4.03. The molecule has 110 valence electrons. The van der Waals surface area contributed by atoms with Gasteiger partial charge < -0.3 is 0 Å². The van der Waals surface area contributed by atoms with Crippen molar-refractivity contribution in [3.05, 3.63) is 29.3 Å². The van der Waals surface area contributed by atoms with Gasteiger partial charge in [-0.2, -0.15) is 0 Å². The fraction of sp³-hybridized carbons (Fsp3) is 0.250. The molecule has 1 aliphatic heterocycles. The Balaban J connectivity index is 2.18. The number of nitrogens with zero attached hydrogens (tertiary/aromatic N) is 1. The standard InChI is InChI=1S/C12H6F4N2O3/c13-4-3-5(14)7(16)8(6(4)15)18-10(20)12(1-2-12)9(19)17-11(18)21/h3H,1-2H2,(H,17,19,21). The minimum atomic E-state index is -1.89. The average molecular weight is 302 g/mol. The Labute approximate surface area is 114 Å². The molecule has 0 radical (unpaired) electrons. The van der Waals surface area contributed by atoms with Crippen LogP contribution < -0.4 is 10.2 Å². The lowest BCUT2D eigenvalue weighted by Crippen LogP contribution is -2.60. The minimum Gasteiger partial charge on any atom is -0.276 e. The first-order valence-corrected chi connectivity index (χ1v) is 5.82. The number of imide groups is 2. The maximum Gasteiger partial charge on any atom is 0.335 e. The molecule has 1 heterocycles. The SMILES string of the molecule is O=C1NC(=O)C2(CC2)C(=O)N1c1c(F)c(F)cc(F)c1F. The van der Waals surface area contributed by atoms with Crippen molar-refractivity contribution in [1.82, 2.24) is 5.32 Å². The van der Waals surface area contributed by atoms with Crippen molar-refractivity contribution in [3.8, 4) is 0 Å². The van der Waals surface area contributed by atoms with E-state index in [0.29, 0.717) is 0 Å². The molecule has 0 unspecified atom stereocenters. The molecule has 2 aliphatic rings. The topological polar surface area (TPSA) is 66.5 Å². The van der Waals surface area contributed by atoms with Gasteiger partial charge in [-0.05, 0) is 12.8 Å². The summed E-state index contributed by atoms with van der Waals surface area (Å²) in [4.78, 5) is 35.3. The van der Waals surface area contributed by atoms with Crippen LogP contribution in [-0.4, -0.2) is 17.8 Å². The van der Waals surface area contributed by atoms with E-state index in [1.165, 1.54) is 0 Å². The van der Waals surface area contributed by atoms with Crippen molar-refractivity contribution < 1.29 is 31.9 Å². The van der Waals surface area contributed by atoms with E-state index in [-0.39, 0.29) is 23.8 Å². The summed E-state index contributed by atoms with van der Waals surface area (Å²) in [6, 6.07) is -1.50. The second-order valence-corrected chi connectivity index (χ2v) is 4.80. The zero-order valence-corrected chi connectivity index (χ0v) is 10.2. The monoisotopic (exact) mass is 302 g/mol. The van der Waals surface area contributed by atoms with Gasteiger partial charge in [0, 0.05) is 6.07 Å². The van der Waals surface area contributed by atoms with Gasteiger partial charge in [-0.25, -0.2) is 27.3 Å². The molecule has 1 aliphatic carbocycles. The molecule has 0 aromatic heterocycles. The second-order valence-electron chi connectivity index (χ2n) is 4.80. The van der Waals surface area contributed by atoms with Crippen LogP contribution in [0.5, 0.6) is 0 Å².